The van der Waals surface area contributed by atoms with E-state index in [2.05, 4.69) is 6.07 Å². The highest BCUT2D eigenvalue weighted by molar-refractivity contribution is 8.02. The average molecular weight is 318 g/mol. The van der Waals surface area contributed by atoms with Crippen LogP contribution in [-0.2, 0) is 5.75 Å². The molecule has 0 amide bonds. The highest BCUT2D eigenvalue weighted by atomic mass is 35.5. The molecule has 0 fully saturated rings. The predicted octanol–water partition coefficient (Wildman–Crippen LogP) is 4.55. The van der Waals surface area contributed by atoms with Crippen molar-refractivity contribution >= 4 is 29.4 Å². The minimum atomic E-state index is -0.205. The molecule has 0 radical (unpaired) electrons. The molecule has 0 saturated heterocycles. The number of hydrogen-bond donors (Lipinski definition) is 2. The van der Waals surface area contributed by atoms with Crippen molar-refractivity contribution in [2.24, 2.45) is 0 Å². The van der Waals surface area contributed by atoms with Crippen molar-refractivity contribution in [3.63, 3.8) is 0 Å². The molecule has 106 valence electrons. The van der Waals surface area contributed by atoms with Crippen molar-refractivity contribution < 1.29 is 10.2 Å². The first-order valence-corrected chi connectivity index (χ1v) is 7.46. The van der Waals surface area contributed by atoms with E-state index in [0.29, 0.717) is 21.2 Å². The van der Waals surface area contributed by atoms with Crippen molar-refractivity contribution in [2.45, 2.75) is 5.75 Å². The third-order valence-electron chi connectivity index (χ3n) is 2.72. The summed E-state index contributed by atoms with van der Waals surface area (Å²) < 4.78 is 0. The molecular formula is C16H12ClNO2S. The van der Waals surface area contributed by atoms with Gasteiger partial charge in [-0.1, -0.05) is 29.8 Å². The standard InChI is InChI=1S/C16H12ClNO2S/c17-13-4-1-11(2-5-13)10-21-14(9-18)7-12-3-6-15(19)16(20)8-12/h1-8,19-20H,10H2/b14-7+. The van der Waals surface area contributed by atoms with Crippen LogP contribution in [0.15, 0.2) is 47.4 Å². The molecule has 2 aromatic rings. The minimum Gasteiger partial charge on any atom is -0.504 e. The molecule has 2 N–H and O–H groups in total. The van der Waals surface area contributed by atoms with Crippen molar-refractivity contribution in [1.29, 1.82) is 5.26 Å². The Morgan fingerprint density at radius 3 is 2.48 bits per heavy atom. The smallest absolute Gasteiger partial charge is 0.157 e. The maximum atomic E-state index is 9.44. The summed E-state index contributed by atoms with van der Waals surface area (Å²) in [7, 11) is 0. The van der Waals surface area contributed by atoms with Crippen LogP contribution in [0.25, 0.3) is 6.08 Å². The second kappa shape index (κ2) is 7.07. The number of phenolic OH excluding ortho intramolecular Hbond substituents is 2. The van der Waals surface area contributed by atoms with Gasteiger partial charge in [-0.2, -0.15) is 5.26 Å². The number of rotatable bonds is 4. The number of phenols is 2. The number of allylic oxidation sites excluding steroid dienone is 1. The molecule has 0 atom stereocenters. The first-order chi connectivity index (χ1) is 10.1. The normalized spacial score (nSPS) is 11.1. The van der Waals surface area contributed by atoms with Crippen molar-refractivity contribution in [1.82, 2.24) is 0 Å². The van der Waals surface area contributed by atoms with Gasteiger partial charge in [0, 0.05) is 10.8 Å². The Labute approximate surface area is 132 Å². The molecule has 0 spiro atoms. The second-order valence-electron chi connectivity index (χ2n) is 4.28. The lowest BCUT2D eigenvalue weighted by molar-refractivity contribution is 0.403. The van der Waals surface area contributed by atoms with Gasteiger partial charge in [0.15, 0.2) is 11.5 Å². The summed E-state index contributed by atoms with van der Waals surface area (Å²) in [5.41, 5.74) is 1.73. The molecule has 0 aliphatic rings. The third kappa shape index (κ3) is 4.45. The van der Waals surface area contributed by atoms with Gasteiger partial charge < -0.3 is 10.2 Å². The average Bonchev–Trinajstić information content (AvgIpc) is 2.49. The van der Waals surface area contributed by atoms with Crippen LogP contribution < -0.4 is 0 Å². The van der Waals surface area contributed by atoms with Crippen molar-refractivity contribution in [3.05, 3.63) is 63.5 Å². The summed E-state index contributed by atoms with van der Waals surface area (Å²) in [4.78, 5) is 0.523. The number of hydrogen-bond acceptors (Lipinski definition) is 4. The van der Waals surface area contributed by atoms with E-state index in [-0.39, 0.29) is 11.5 Å². The van der Waals surface area contributed by atoms with Gasteiger partial charge in [0.2, 0.25) is 0 Å². The zero-order chi connectivity index (χ0) is 15.2. The lowest BCUT2D eigenvalue weighted by Gasteiger charge is -2.02. The molecule has 2 aromatic carbocycles. The van der Waals surface area contributed by atoms with Gasteiger partial charge >= 0.3 is 0 Å². The summed E-state index contributed by atoms with van der Waals surface area (Å²) in [6.45, 7) is 0. The number of nitriles is 1. The number of halogens is 1. The van der Waals surface area contributed by atoms with E-state index >= 15 is 0 Å². The van der Waals surface area contributed by atoms with Crippen LogP contribution in [0.2, 0.25) is 5.02 Å². The minimum absolute atomic E-state index is 0.181. The summed E-state index contributed by atoms with van der Waals surface area (Å²) in [6.07, 6.45) is 1.67. The number of nitrogens with zero attached hydrogens (tertiary/aromatic N) is 1. The molecule has 0 aromatic heterocycles. The highest BCUT2D eigenvalue weighted by Gasteiger charge is 2.03. The van der Waals surface area contributed by atoms with Gasteiger partial charge in [-0.25, -0.2) is 0 Å². The molecule has 2 rings (SSSR count). The van der Waals surface area contributed by atoms with E-state index in [1.807, 2.05) is 24.3 Å². The van der Waals surface area contributed by atoms with E-state index in [4.69, 9.17) is 16.9 Å². The first-order valence-electron chi connectivity index (χ1n) is 6.09. The third-order valence-corrected chi connectivity index (χ3v) is 3.96. The Morgan fingerprint density at radius 1 is 1.14 bits per heavy atom. The fraction of sp³-hybridized carbons (Fsp3) is 0.0625. The van der Waals surface area contributed by atoms with Crippen LogP contribution in [0.5, 0.6) is 11.5 Å². The number of aromatic hydroxyl groups is 2. The molecule has 0 aliphatic heterocycles. The molecule has 0 bridgehead atoms. The molecule has 0 unspecified atom stereocenters. The Morgan fingerprint density at radius 2 is 1.86 bits per heavy atom. The van der Waals surface area contributed by atoms with E-state index < -0.39 is 0 Å². The largest absolute Gasteiger partial charge is 0.504 e. The Bertz CT molecular complexity index is 705. The van der Waals surface area contributed by atoms with E-state index in [9.17, 15) is 10.2 Å². The van der Waals surface area contributed by atoms with Crippen LogP contribution >= 0.6 is 23.4 Å². The molecule has 0 heterocycles. The Kier molecular flexibility index (Phi) is 5.15. The van der Waals surface area contributed by atoms with Gasteiger partial charge in [-0.3, -0.25) is 0 Å². The highest BCUT2D eigenvalue weighted by Crippen LogP contribution is 2.28. The molecule has 0 aliphatic carbocycles. The molecule has 5 heteroatoms. The van der Waals surface area contributed by atoms with Gasteiger partial charge in [0.25, 0.3) is 0 Å². The van der Waals surface area contributed by atoms with Gasteiger partial charge in [0.05, 0.1) is 4.91 Å². The number of benzene rings is 2. The number of thioether (sulfide) groups is 1. The Balaban J connectivity index is 2.08. The lowest BCUT2D eigenvalue weighted by atomic mass is 10.2. The van der Waals surface area contributed by atoms with Crippen LogP contribution in [0.1, 0.15) is 11.1 Å². The van der Waals surface area contributed by atoms with E-state index in [1.54, 1.807) is 12.1 Å². The van der Waals surface area contributed by atoms with Crippen LogP contribution in [0.4, 0.5) is 0 Å². The predicted molar refractivity (Wildman–Crippen MR) is 86.1 cm³/mol. The molecule has 3 nitrogen and oxygen atoms in total. The maximum Gasteiger partial charge on any atom is 0.157 e. The van der Waals surface area contributed by atoms with Gasteiger partial charge in [-0.15, -0.1) is 11.8 Å². The lowest BCUT2D eigenvalue weighted by Crippen LogP contribution is -1.81. The zero-order valence-corrected chi connectivity index (χ0v) is 12.5. The molecular weight excluding hydrogens is 306 g/mol. The van der Waals surface area contributed by atoms with E-state index in [1.165, 1.54) is 23.9 Å². The fourth-order valence-corrected chi connectivity index (χ4v) is 2.55. The monoisotopic (exact) mass is 317 g/mol. The quantitative estimate of drug-likeness (QED) is 0.641. The topological polar surface area (TPSA) is 64.2 Å². The van der Waals surface area contributed by atoms with E-state index in [0.717, 1.165) is 5.56 Å². The van der Waals surface area contributed by atoms with Crippen molar-refractivity contribution in [3.8, 4) is 17.6 Å². The summed E-state index contributed by atoms with van der Waals surface area (Å²) in [5, 5.41) is 28.5. The van der Waals surface area contributed by atoms with Gasteiger partial charge in [-0.05, 0) is 41.5 Å². The summed E-state index contributed by atoms with van der Waals surface area (Å²) >= 11 is 7.22. The van der Waals surface area contributed by atoms with Crippen LogP contribution in [0, 0.1) is 11.3 Å². The molecule has 0 saturated carbocycles. The fourth-order valence-electron chi connectivity index (χ4n) is 1.63. The SMILES string of the molecule is N#C/C(=C\c1ccc(O)c(O)c1)SCc1ccc(Cl)cc1. The summed E-state index contributed by atoms with van der Waals surface area (Å²) in [6, 6.07) is 14.0. The van der Waals surface area contributed by atoms with Crippen LogP contribution in [0.3, 0.4) is 0 Å². The summed E-state index contributed by atoms with van der Waals surface area (Å²) in [5.74, 6) is 0.267. The maximum absolute atomic E-state index is 9.44. The van der Waals surface area contributed by atoms with Crippen LogP contribution in [-0.4, -0.2) is 10.2 Å². The van der Waals surface area contributed by atoms with Crippen molar-refractivity contribution in [2.75, 3.05) is 0 Å². The van der Waals surface area contributed by atoms with Gasteiger partial charge in [0.1, 0.15) is 6.07 Å². The first kappa shape index (κ1) is 15.3. The molecule has 21 heavy (non-hydrogen) atoms. The Hall–Kier alpha value is -2.09. The second-order valence-corrected chi connectivity index (χ2v) is 5.74. The zero-order valence-electron chi connectivity index (χ0n) is 11.0.